The lowest BCUT2D eigenvalue weighted by Gasteiger charge is -2.03. The Bertz CT molecular complexity index is 701. The molecule has 2 rings (SSSR count). The highest BCUT2D eigenvalue weighted by molar-refractivity contribution is 7.91. The van der Waals surface area contributed by atoms with Crippen LogP contribution in [0, 0.1) is 6.92 Å². The third kappa shape index (κ3) is 2.19. The summed E-state index contributed by atoms with van der Waals surface area (Å²) in [6.45, 7) is 1.77. The van der Waals surface area contributed by atoms with Crippen LogP contribution in [0.4, 0.5) is 0 Å². The SMILES string of the molecule is Cc1ccc(S(=O)(=O)c2ccc(C=O)o2)cc1Cl. The number of rotatable bonds is 3. The molecule has 0 atom stereocenters. The number of aryl methyl sites for hydroxylation is 1. The fraction of sp³-hybridized carbons (Fsp3) is 0.0833. The summed E-state index contributed by atoms with van der Waals surface area (Å²) in [5, 5.41) is 0.0859. The molecular weight excluding hydrogens is 276 g/mol. The molecule has 0 N–H and O–H groups in total. The van der Waals surface area contributed by atoms with Gasteiger partial charge in [-0.25, -0.2) is 8.42 Å². The molecule has 0 aliphatic carbocycles. The van der Waals surface area contributed by atoms with Crippen LogP contribution in [0.3, 0.4) is 0 Å². The fourth-order valence-corrected chi connectivity index (χ4v) is 2.85. The van der Waals surface area contributed by atoms with E-state index in [1.54, 1.807) is 13.0 Å². The molecule has 4 nitrogen and oxygen atoms in total. The van der Waals surface area contributed by atoms with E-state index in [2.05, 4.69) is 0 Å². The predicted molar refractivity (Wildman–Crippen MR) is 65.7 cm³/mol. The predicted octanol–water partition coefficient (Wildman–Crippen LogP) is 2.89. The summed E-state index contributed by atoms with van der Waals surface area (Å²) < 4.78 is 29.2. The third-order valence-corrected chi connectivity index (χ3v) is 4.47. The zero-order valence-electron chi connectivity index (χ0n) is 9.38. The fourth-order valence-electron chi connectivity index (χ4n) is 1.40. The summed E-state index contributed by atoms with van der Waals surface area (Å²) in [5.74, 6) is -0.0354. The van der Waals surface area contributed by atoms with Crippen LogP contribution in [-0.4, -0.2) is 14.7 Å². The molecule has 0 aliphatic heterocycles. The van der Waals surface area contributed by atoms with Crippen LogP contribution in [0.1, 0.15) is 16.1 Å². The smallest absolute Gasteiger partial charge is 0.239 e. The molecule has 0 fully saturated rings. The number of hydrogen-bond donors (Lipinski definition) is 0. The second-order valence-corrected chi connectivity index (χ2v) is 5.98. The molecule has 0 bridgehead atoms. The van der Waals surface area contributed by atoms with Gasteiger partial charge in [0.15, 0.2) is 12.0 Å². The van der Waals surface area contributed by atoms with Gasteiger partial charge in [-0.3, -0.25) is 4.79 Å². The molecule has 0 amide bonds. The molecule has 94 valence electrons. The molecule has 0 saturated heterocycles. The van der Waals surface area contributed by atoms with Gasteiger partial charge < -0.3 is 4.42 Å². The zero-order chi connectivity index (χ0) is 13.3. The molecule has 0 radical (unpaired) electrons. The number of halogens is 1. The Morgan fingerprint density at radius 2 is 1.94 bits per heavy atom. The van der Waals surface area contributed by atoms with Crippen LogP contribution in [-0.2, 0) is 9.84 Å². The third-order valence-electron chi connectivity index (χ3n) is 2.44. The normalized spacial score (nSPS) is 11.4. The molecule has 0 unspecified atom stereocenters. The van der Waals surface area contributed by atoms with Crippen LogP contribution < -0.4 is 0 Å². The van der Waals surface area contributed by atoms with Crippen molar-refractivity contribution in [3.63, 3.8) is 0 Å². The Morgan fingerprint density at radius 1 is 1.22 bits per heavy atom. The largest absolute Gasteiger partial charge is 0.442 e. The van der Waals surface area contributed by atoms with Gasteiger partial charge in [0.2, 0.25) is 14.9 Å². The van der Waals surface area contributed by atoms with Crippen molar-refractivity contribution in [3.8, 4) is 0 Å². The second-order valence-electron chi connectivity index (χ2n) is 3.69. The first-order chi connectivity index (χ1) is 8.45. The van der Waals surface area contributed by atoms with Gasteiger partial charge in [0.1, 0.15) is 0 Å². The lowest BCUT2D eigenvalue weighted by molar-refractivity contribution is 0.109. The van der Waals surface area contributed by atoms with Crippen molar-refractivity contribution >= 4 is 27.7 Å². The molecule has 0 spiro atoms. The van der Waals surface area contributed by atoms with E-state index < -0.39 is 9.84 Å². The highest BCUT2D eigenvalue weighted by Gasteiger charge is 2.22. The van der Waals surface area contributed by atoms with E-state index in [0.717, 1.165) is 5.56 Å². The Hall–Kier alpha value is -1.59. The van der Waals surface area contributed by atoms with Gasteiger partial charge in [-0.1, -0.05) is 17.7 Å². The summed E-state index contributed by atoms with van der Waals surface area (Å²) in [5.41, 5.74) is 0.781. The van der Waals surface area contributed by atoms with Crippen LogP contribution in [0.25, 0.3) is 0 Å². The molecule has 0 saturated carbocycles. The molecule has 1 heterocycles. The minimum Gasteiger partial charge on any atom is -0.442 e. The minimum absolute atomic E-state index is 0.0323. The first-order valence-corrected chi connectivity index (χ1v) is 6.87. The summed E-state index contributed by atoms with van der Waals surface area (Å²) >= 11 is 5.89. The standard InChI is InChI=1S/C12H9ClO4S/c1-8-2-4-10(6-11(8)13)18(15,16)12-5-3-9(7-14)17-12/h2-7H,1H3. The Labute approximate surface area is 109 Å². The van der Waals surface area contributed by atoms with Crippen molar-refractivity contribution in [1.29, 1.82) is 0 Å². The van der Waals surface area contributed by atoms with Crippen molar-refractivity contribution in [2.45, 2.75) is 16.9 Å². The van der Waals surface area contributed by atoms with E-state index in [1.165, 1.54) is 24.3 Å². The quantitative estimate of drug-likeness (QED) is 0.813. The average molecular weight is 285 g/mol. The maximum Gasteiger partial charge on any atom is 0.239 e. The first kappa shape index (κ1) is 12.9. The Kier molecular flexibility index (Phi) is 3.28. The highest BCUT2D eigenvalue weighted by Crippen LogP contribution is 2.26. The molecule has 2 aromatic rings. The Morgan fingerprint density at radius 3 is 2.50 bits per heavy atom. The summed E-state index contributed by atoms with van der Waals surface area (Å²) in [7, 11) is -3.78. The molecular formula is C12H9ClO4S. The van der Waals surface area contributed by atoms with Gasteiger partial charge in [0.05, 0.1) is 4.90 Å². The van der Waals surface area contributed by atoms with Gasteiger partial charge in [-0.05, 0) is 36.8 Å². The van der Waals surface area contributed by atoms with E-state index >= 15 is 0 Å². The van der Waals surface area contributed by atoms with E-state index in [9.17, 15) is 13.2 Å². The van der Waals surface area contributed by atoms with E-state index in [-0.39, 0.29) is 15.7 Å². The van der Waals surface area contributed by atoms with Crippen molar-refractivity contribution in [2.75, 3.05) is 0 Å². The van der Waals surface area contributed by atoms with E-state index in [0.29, 0.717) is 11.3 Å². The van der Waals surface area contributed by atoms with Gasteiger partial charge >= 0.3 is 0 Å². The summed E-state index contributed by atoms with van der Waals surface area (Å²) in [6, 6.07) is 6.95. The van der Waals surface area contributed by atoms with Gasteiger partial charge in [-0.15, -0.1) is 0 Å². The van der Waals surface area contributed by atoms with E-state index in [1.807, 2.05) is 0 Å². The highest BCUT2D eigenvalue weighted by atomic mass is 35.5. The molecule has 0 aliphatic rings. The monoisotopic (exact) mass is 284 g/mol. The lowest BCUT2D eigenvalue weighted by atomic mass is 10.2. The van der Waals surface area contributed by atoms with E-state index in [4.69, 9.17) is 16.0 Å². The zero-order valence-corrected chi connectivity index (χ0v) is 11.0. The van der Waals surface area contributed by atoms with Crippen LogP contribution >= 0.6 is 11.6 Å². The van der Waals surface area contributed by atoms with Gasteiger partial charge in [0, 0.05) is 5.02 Å². The molecule has 6 heteroatoms. The lowest BCUT2D eigenvalue weighted by Crippen LogP contribution is -2.00. The number of furan rings is 1. The average Bonchev–Trinajstić information content (AvgIpc) is 2.81. The van der Waals surface area contributed by atoms with Crippen molar-refractivity contribution < 1.29 is 17.6 Å². The van der Waals surface area contributed by atoms with Crippen molar-refractivity contribution in [2.24, 2.45) is 0 Å². The number of aldehydes is 1. The molecule has 1 aromatic heterocycles. The van der Waals surface area contributed by atoms with Crippen molar-refractivity contribution in [3.05, 3.63) is 46.7 Å². The van der Waals surface area contributed by atoms with Gasteiger partial charge in [0.25, 0.3) is 0 Å². The van der Waals surface area contributed by atoms with Gasteiger partial charge in [-0.2, -0.15) is 0 Å². The number of sulfone groups is 1. The van der Waals surface area contributed by atoms with Crippen LogP contribution in [0.2, 0.25) is 5.02 Å². The number of hydrogen-bond acceptors (Lipinski definition) is 4. The maximum absolute atomic E-state index is 12.2. The van der Waals surface area contributed by atoms with Crippen LogP contribution in [0.15, 0.2) is 44.7 Å². The van der Waals surface area contributed by atoms with Crippen molar-refractivity contribution in [1.82, 2.24) is 0 Å². The number of carbonyl (C=O) groups is 1. The summed E-state index contributed by atoms with van der Waals surface area (Å²) in [4.78, 5) is 10.5. The summed E-state index contributed by atoms with van der Waals surface area (Å²) in [6.07, 6.45) is 0.446. The minimum atomic E-state index is -3.78. The molecule has 1 aromatic carbocycles. The maximum atomic E-state index is 12.2. The number of benzene rings is 1. The topological polar surface area (TPSA) is 64.3 Å². The first-order valence-electron chi connectivity index (χ1n) is 5.01. The number of carbonyl (C=O) groups excluding carboxylic acids is 1. The molecule has 18 heavy (non-hydrogen) atoms. The second kappa shape index (κ2) is 4.59. The Balaban J connectivity index is 2.53. The van der Waals surface area contributed by atoms with Crippen LogP contribution in [0.5, 0.6) is 0 Å².